The fourth-order valence-corrected chi connectivity index (χ4v) is 5.48. The number of carbonyl (C=O) groups is 3. The minimum absolute atomic E-state index is 0.0613. The molecule has 3 amide bonds. The minimum Gasteiger partial charge on any atom is -0.508 e. The Kier molecular flexibility index (Phi) is 15.4. The normalized spacial score (nSPS) is 13.4. The number of rotatable bonds is 17. The minimum atomic E-state index is -1.00. The molecule has 8 heteroatoms. The van der Waals surface area contributed by atoms with Gasteiger partial charge in [-0.05, 0) is 83.2 Å². The van der Waals surface area contributed by atoms with Crippen molar-refractivity contribution in [2.24, 2.45) is 0 Å². The fraction of sp³-hybridized carbons (Fsp3) is 0.595. The molecular formula is C37H57N3O5. The third-order valence-corrected chi connectivity index (χ3v) is 7.80. The van der Waals surface area contributed by atoms with Crippen molar-refractivity contribution in [1.29, 1.82) is 0 Å². The number of hydrogen-bond acceptors (Lipinski definition) is 5. The Hall–Kier alpha value is -3.55. The van der Waals surface area contributed by atoms with Crippen LogP contribution in [0, 0.1) is 13.8 Å². The van der Waals surface area contributed by atoms with Crippen LogP contribution < -0.4 is 10.6 Å². The lowest BCUT2D eigenvalue weighted by molar-refractivity contribution is -0.142. The molecule has 0 fully saturated rings. The van der Waals surface area contributed by atoms with Gasteiger partial charge < -0.3 is 25.4 Å². The Morgan fingerprint density at radius 2 is 1.53 bits per heavy atom. The largest absolute Gasteiger partial charge is 0.508 e. The topological polar surface area (TPSA) is 108 Å². The standard InChI is InChI=1S/C37H57N3O5/c1-9-11-12-13-14-15-23-40(33(34(42)38-28(5)16-10-2)31-24-26(3)17-18-27(31)4)35(43)32(39-36(44)45-37(6,7)8)25-29-19-21-30(41)22-20-29/h17-22,24,28,32-33,41H,9-16,23,25H2,1-8H3,(H,38,42)(H,39,44). The van der Waals surface area contributed by atoms with E-state index in [-0.39, 0.29) is 30.0 Å². The first-order valence-electron chi connectivity index (χ1n) is 16.7. The van der Waals surface area contributed by atoms with Gasteiger partial charge in [0.1, 0.15) is 23.4 Å². The Morgan fingerprint density at radius 3 is 2.16 bits per heavy atom. The molecule has 250 valence electrons. The highest BCUT2D eigenvalue weighted by molar-refractivity contribution is 5.92. The Balaban J connectivity index is 2.60. The maximum atomic E-state index is 14.7. The van der Waals surface area contributed by atoms with Gasteiger partial charge in [0, 0.05) is 19.0 Å². The monoisotopic (exact) mass is 623 g/mol. The number of alkyl carbamates (subject to hydrolysis) is 1. The zero-order chi connectivity index (χ0) is 33.6. The van der Waals surface area contributed by atoms with Gasteiger partial charge in [0.05, 0.1) is 0 Å². The van der Waals surface area contributed by atoms with Crippen LogP contribution in [0.1, 0.15) is 121 Å². The van der Waals surface area contributed by atoms with E-state index >= 15 is 0 Å². The number of carbonyl (C=O) groups excluding carboxylic acids is 3. The first kappa shape index (κ1) is 37.6. The van der Waals surface area contributed by atoms with E-state index in [1.807, 2.05) is 39.0 Å². The molecule has 0 aromatic heterocycles. The third kappa shape index (κ3) is 13.1. The number of phenolic OH excluding ortho intramolecular Hbond substituents is 1. The lowest BCUT2D eigenvalue weighted by Crippen LogP contribution is -2.54. The van der Waals surface area contributed by atoms with E-state index in [0.29, 0.717) is 6.54 Å². The number of benzene rings is 2. The number of amides is 3. The fourth-order valence-electron chi connectivity index (χ4n) is 5.48. The summed E-state index contributed by atoms with van der Waals surface area (Å²) in [5.41, 5.74) is 2.68. The van der Waals surface area contributed by atoms with Gasteiger partial charge in [-0.1, -0.05) is 88.3 Å². The zero-order valence-corrected chi connectivity index (χ0v) is 28.9. The summed E-state index contributed by atoms with van der Waals surface area (Å²) in [5.74, 6) is -0.476. The molecule has 0 aliphatic carbocycles. The van der Waals surface area contributed by atoms with Gasteiger partial charge in [-0.2, -0.15) is 0 Å². The van der Waals surface area contributed by atoms with Crippen LogP contribution in [0.5, 0.6) is 5.75 Å². The van der Waals surface area contributed by atoms with Gasteiger partial charge >= 0.3 is 6.09 Å². The Bertz CT molecular complexity index is 1220. The van der Waals surface area contributed by atoms with Crippen LogP contribution in [0.25, 0.3) is 0 Å². The highest BCUT2D eigenvalue weighted by Gasteiger charge is 2.37. The second kappa shape index (κ2) is 18.4. The third-order valence-electron chi connectivity index (χ3n) is 7.80. The average Bonchev–Trinajstić information content (AvgIpc) is 2.95. The van der Waals surface area contributed by atoms with Crippen molar-refractivity contribution in [1.82, 2.24) is 15.5 Å². The molecule has 0 saturated heterocycles. The SMILES string of the molecule is CCCCCCCCN(C(=O)C(Cc1ccc(O)cc1)NC(=O)OC(C)(C)C)C(C(=O)NC(C)CCC)c1cc(C)ccc1C. The second-order valence-electron chi connectivity index (χ2n) is 13.3. The van der Waals surface area contributed by atoms with E-state index in [1.54, 1.807) is 49.9 Å². The smallest absolute Gasteiger partial charge is 0.408 e. The van der Waals surface area contributed by atoms with Crippen molar-refractivity contribution in [3.63, 3.8) is 0 Å². The lowest BCUT2D eigenvalue weighted by Gasteiger charge is -2.36. The maximum Gasteiger partial charge on any atom is 0.408 e. The van der Waals surface area contributed by atoms with Gasteiger partial charge in [-0.25, -0.2) is 4.79 Å². The molecule has 0 aliphatic heterocycles. The molecule has 0 heterocycles. The van der Waals surface area contributed by atoms with Crippen molar-refractivity contribution in [3.05, 3.63) is 64.7 Å². The van der Waals surface area contributed by atoms with Gasteiger partial charge in [-0.3, -0.25) is 9.59 Å². The van der Waals surface area contributed by atoms with Gasteiger partial charge in [0.25, 0.3) is 0 Å². The van der Waals surface area contributed by atoms with E-state index in [2.05, 4.69) is 24.5 Å². The van der Waals surface area contributed by atoms with Crippen LogP contribution in [0.3, 0.4) is 0 Å². The van der Waals surface area contributed by atoms with Crippen molar-refractivity contribution in [2.45, 2.75) is 137 Å². The van der Waals surface area contributed by atoms with Gasteiger partial charge in [-0.15, -0.1) is 0 Å². The quantitative estimate of drug-likeness (QED) is 0.157. The molecule has 2 aromatic carbocycles. The number of ether oxygens (including phenoxy) is 1. The van der Waals surface area contributed by atoms with Crippen LogP contribution in [-0.2, 0) is 20.7 Å². The summed E-state index contributed by atoms with van der Waals surface area (Å²) >= 11 is 0. The summed E-state index contributed by atoms with van der Waals surface area (Å²) in [6.07, 6.45) is 7.35. The molecule has 0 radical (unpaired) electrons. The summed E-state index contributed by atoms with van der Waals surface area (Å²) < 4.78 is 5.56. The first-order valence-corrected chi connectivity index (χ1v) is 16.7. The van der Waals surface area contributed by atoms with Crippen LogP contribution >= 0.6 is 0 Å². The highest BCUT2D eigenvalue weighted by Crippen LogP contribution is 2.28. The Labute approximate surface area is 271 Å². The van der Waals surface area contributed by atoms with E-state index in [0.717, 1.165) is 67.2 Å². The summed E-state index contributed by atoms with van der Waals surface area (Å²) in [5, 5.41) is 15.8. The van der Waals surface area contributed by atoms with Crippen LogP contribution in [0.2, 0.25) is 0 Å². The van der Waals surface area contributed by atoms with Crippen molar-refractivity contribution in [3.8, 4) is 5.75 Å². The summed E-state index contributed by atoms with van der Waals surface area (Å²) in [6.45, 7) is 15.9. The lowest BCUT2D eigenvalue weighted by atomic mass is 9.94. The van der Waals surface area contributed by atoms with E-state index in [1.165, 1.54) is 6.42 Å². The molecule has 0 bridgehead atoms. The summed E-state index contributed by atoms with van der Waals surface area (Å²) in [4.78, 5) is 43.7. The molecule has 3 atom stereocenters. The predicted molar refractivity (Wildman–Crippen MR) is 181 cm³/mol. The predicted octanol–water partition coefficient (Wildman–Crippen LogP) is 7.68. The molecule has 8 nitrogen and oxygen atoms in total. The molecule has 0 spiro atoms. The maximum absolute atomic E-state index is 14.7. The number of aryl methyl sites for hydroxylation is 2. The molecule has 2 aromatic rings. The number of nitrogens with one attached hydrogen (secondary N) is 2. The second-order valence-corrected chi connectivity index (χ2v) is 13.3. The molecule has 0 aliphatic rings. The van der Waals surface area contributed by atoms with Crippen molar-refractivity contribution < 1.29 is 24.2 Å². The van der Waals surface area contributed by atoms with Crippen molar-refractivity contribution >= 4 is 17.9 Å². The van der Waals surface area contributed by atoms with Crippen LogP contribution in [0.15, 0.2) is 42.5 Å². The Morgan fingerprint density at radius 1 is 0.889 bits per heavy atom. The number of nitrogens with zero attached hydrogens (tertiary/aromatic N) is 1. The van der Waals surface area contributed by atoms with Gasteiger partial charge in [0.2, 0.25) is 11.8 Å². The zero-order valence-electron chi connectivity index (χ0n) is 28.9. The number of unbranched alkanes of at least 4 members (excludes halogenated alkanes) is 5. The molecule has 3 N–H and O–H groups in total. The number of hydrogen-bond donors (Lipinski definition) is 3. The van der Waals surface area contributed by atoms with E-state index in [9.17, 15) is 19.5 Å². The molecular weight excluding hydrogens is 566 g/mol. The van der Waals surface area contributed by atoms with Crippen LogP contribution in [0.4, 0.5) is 4.79 Å². The molecule has 0 saturated carbocycles. The molecule has 2 rings (SSSR count). The first-order chi connectivity index (χ1) is 21.2. The van der Waals surface area contributed by atoms with Crippen molar-refractivity contribution in [2.75, 3.05) is 6.54 Å². The number of aromatic hydroxyl groups is 1. The molecule has 3 unspecified atom stereocenters. The van der Waals surface area contributed by atoms with E-state index in [4.69, 9.17) is 4.74 Å². The average molecular weight is 624 g/mol. The molecule has 45 heavy (non-hydrogen) atoms. The summed E-state index contributed by atoms with van der Waals surface area (Å²) in [7, 11) is 0. The number of phenols is 1. The highest BCUT2D eigenvalue weighted by atomic mass is 16.6. The van der Waals surface area contributed by atoms with Gasteiger partial charge in [0.15, 0.2) is 0 Å². The summed E-state index contributed by atoms with van der Waals surface area (Å²) in [6, 6.07) is 10.6. The van der Waals surface area contributed by atoms with Crippen LogP contribution in [-0.4, -0.2) is 52.1 Å². The van der Waals surface area contributed by atoms with E-state index < -0.39 is 23.8 Å².